The normalized spacial score (nSPS) is 18.2. The zero-order chi connectivity index (χ0) is 15.1. The molecular formula is C16H22N2O3. The van der Waals surface area contributed by atoms with E-state index in [2.05, 4.69) is 10.6 Å². The van der Waals surface area contributed by atoms with Crippen molar-refractivity contribution in [3.05, 3.63) is 29.8 Å². The van der Waals surface area contributed by atoms with Crippen molar-refractivity contribution in [1.82, 2.24) is 5.32 Å². The van der Waals surface area contributed by atoms with Crippen LogP contribution in [-0.4, -0.2) is 30.1 Å². The van der Waals surface area contributed by atoms with E-state index in [9.17, 15) is 9.59 Å². The molecule has 2 rings (SSSR count). The molecule has 0 spiro atoms. The molecule has 3 N–H and O–H groups in total. The van der Waals surface area contributed by atoms with Crippen molar-refractivity contribution in [3.63, 3.8) is 0 Å². The average molecular weight is 290 g/mol. The molecule has 1 aliphatic rings. The smallest absolute Gasteiger partial charge is 0.307 e. The SMILES string of the molecule is O=C(O)Cc1ccc(NC(=O)CCC2CCCNC2)cc1. The van der Waals surface area contributed by atoms with Crippen LogP contribution in [-0.2, 0) is 16.0 Å². The van der Waals surface area contributed by atoms with Crippen molar-refractivity contribution in [2.45, 2.75) is 32.1 Å². The van der Waals surface area contributed by atoms with E-state index in [-0.39, 0.29) is 12.3 Å². The molecule has 1 aromatic carbocycles. The van der Waals surface area contributed by atoms with Crippen LogP contribution in [0.5, 0.6) is 0 Å². The standard InChI is InChI=1S/C16H22N2O3/c19-15(8-5-13-2-1-9-17-11-13)18-14-6-3-12(4-7-14)10-16(20)21/h3-4,6-7,13,17H,1-2,5,8-11H2,(H,18,19)(H,20,21). The van der Waals surface area contributed by atoms with Gasteiger partial charge in [-0.2, -0.15) is 0 Å². The maximum Gasteiger partial charge on any atom is 0.307 e. The van der Waals surface area contributed by atoms with E-state index in [0.717, 1.165) is 30.8 Å². The largest absolute Gasteiger partial charge is 0.481 e. The molecule has 0 aromatic heterocycles. The molecule has 1 saturated heterocycles. The number of piperidine rings is 1. The molecule has 0 radical (unpaired) electrons. The molecule has 1 fully saturated rings. The van der Waals surface area contributed by atoms with Gasteiger partial charge < -0.3 is 15.7 Å². The Labute approximate surface area is 124 Å². The van der Waals surface area contributed by atoms with Crippen LogP contribution in [0.2, 0.25) is 0 Å². The second kappa shape index (κ2) is 7.78. The lowest BCUT2D eigenvalue weighted by atomic mass is 9.94. The number of aliphatic carboxylic acids is 1. The van der Waals surface area contributed by atoms with E-state index in [0.29, 0.717) is 12.3 Å². The highest BCUT2D eigenvalue weighted by Gasteiger charge is 2.14. The summed E-state index contributed by atoms with van der Waals surface area (Å²) in [7, 11) is 0. The van der Waals surface area contributed by atoms with Gasteiger partial charge in [-0.05, 0) is 56.0 Å². The van der Waals surface area contributed by atoms with Crippen LogP contribution in [0.25, 0.3) is 0 Å². The van der Waals surface area contributed by atoms with Crippen LogP contribution < -0.4 is 10.6 Å². The summed E-state index contributed by atoms with van der Waals surface area (Å²) in [4.78, 5) is 22.5. The summed E-state index contributed by atoms with van der Waals surface area (Å²) < 4.78 is 0. The Hall–Kier alpha value is -1.88. The van der Waals surface area contributed by atoms with Crippen LogP contribution >= 0.6 is 0 Å². The van der Waals surface area contributed by atoms with Gasteiger partial charge in [0.15, 0.2) is 0 Å². The number of anilines is 1. The summed E-state index contributed by atoms with van der Waals surface area (Å²) in [6.45, 7) is 2.10. The molecule has 1 aliphatic heterocycles. The van der Waals surface area contributed by atoms with Crippen LogP contribution in [0.4, 0.5) is 5.69 Å². The minimum Gasteiger partial charge on any atom is -0.481 e. The average Bonchev–Trinajstić information content (AvgIpc) is 2.48. The fourth-order valence-corrected chi connectivity index (χ4v) is 2.61. The lowest BCUT2D eigenvalue weighted by molar-refractivity contribution is -0.136. The molecule has 21 heavy (non-hydrogen) atoms. The second-order valence-electron chi connectivity index (χ2n) is 5.57. The Morgan fingerprint density at radius 1 is 1.29 bits per heavy atom. The number of carboxylic acid groups (broad SMARTS) is 1. The Bertz CT molecular complexity index is 479. The van der Waals surface area contributed by atoms with Crippen molar-refractivity contribution in [2.75, 3.05) is 18.4 Å². The number of amides is 1. The number of benzene rings is 1. The fraction of sp³-hybridized carbons (Fsp3) is 0.500. The zero-order valence-electron chi connectivity index (χ0n) is 12.1. The van der Waals surface area contributed by atoms with E-state index in [1.54, 1.807) is 24.3 Å². The van der Waals surface area contributed by atoms with Gasteiger partial charge >= 0.3 is 5.97 Å². The summed E-state index contributed by atoms with van der Waals surface area (Å²) in [6.07, 6.45) is 3.84. The molecule has 0 saturated carbocycles. The van der Waals surface area contributed by atoms with Crippen LogP contribution in [0, 0.1) is 5.92 Å². The summed E-state index contributed by atoms with van der Waals surface area (Å²) in [6, 6.07) is 6.96. The van der Waals surface area contributed by atoms with E-state index in [1.807, 2.05) is 0 Å². The van der Waals surface area contributed by atoms with Gasteiger partial charge in [0, 0.05) is 12.1 Å². The van der Waals surface area contributed by atoms with E-state index < -0.39 is 5.97 Å². The highest BCUT2D eigenvalue weighted by atomic mass is 16.4. The van der Waals surface area contributed by atoms with Crippen molar-refractivity contribution < 1.29 is 14.7 Å². The fourth-order valence-electron chi connectivity index (χ4n) is 2.61. The molecule has 1 atom stereocenters. The Morgan fingerprint density at radius 2 is 2.05 bits per heavy atom. The zero-order valence-corrected chi connectivity index (χ0v) is 12.1. The van der Waals surface area contributed by atoms with Crippen LogP contribution in [0.1, 0.15) is 31.2 Å². The molecule has 5 nitrogen and oxygen atoms in total. The third-order valence-electron chi connectivity index (χ3n) is 3.77. The summed E-state index contributed by atoms with van der Waals surface area (Å²) in [5.41, 5.74) is 1.45. The lowest BCUT2D eigenvalue weighted by Gasteiger charge is -2.22. The minimum atomic E-state index is -0.854. The molecule has 0 aliphatic carbocycles. The molecule has 1 amide bonds. The molecule has 1 unspecified atom stereocenters. The first-order chi connectivity index (χ1) is 10.1. The molecule has 1 aromatic rings. The van der Waals surface area contributed by atoms with Gasteiger partial charge in [0.05, 0.1) is 6.42 Å². The van der Waals surface area contributed by atoms with E-state index in [1.165, 1.54) is 12.8 Å². The van der Waals surface area contributed by atoms with Crippen molar-refractivity contribution in [2.24, 2.45) is 5.92 Å². The van der Waals surface area contributed by atoms with Gasteiger partial charge in [-0.3, -0.25) is 9.59 Å². The maximum absolute atomic E-state index is 11.9. The van der Waals surface area contributed by atoms with Gasteiger partial charge in [0.1, 0.15) is 0 Å². The first-order valence-corrected chi connectivity index (χ1v) is 7.45. The van der Waals surface area contributed by atoms with Gasteiger partial charge in [0.2, 0.25) is 5.91 Å². The number of carbonyl (C=O) groups excluding carboxylic acids is 1. The third-order valence-corrected chi connectivity index (χ3v) is 3.77. The third kappa shape index (κ3) is 5.55. The number of carbonyl (C=O) groups is 2. The number of hydrogen-bond acceptors (Lipinski definition) is 3. The Kier molecular flexibility index (Phi) is 5.75. The Morgan fingerprint density at radius 3 is 2.67 bits per heavy atom. The highest BCUT2D eigenvalue weighted by Crippen LogP contribution is 2.17. The van der Waals surface area contributed by atoms with E-state index >= 15 is 0 Å². The predicted molar refractivity (Wildman–Crippen MR) is 81.2 cm³/mol. The second-order valence-corrected chi connectivity index (χ2v) is 5.57. The minimum absolute atomic E-state index is 0.00288. The summed E-state index contributed by atoms with van der Waals surface area (Å²) in [5, 5.41) is 14.9. The molecule has 1 heterocycles. The van der Waals surface area contributed by atoms with Gasteiger partial charge in [-0.25, -0.2) is 0 Å². The van der Waals surface area contributed by atoms with Crippen molar-refractivity contribution in [3.8, 4) is 0 Å². The van der Waals surface area contributed by atoms with Crippen LogP contribution in [0.3, 0.4) is 0 Å². The topological polar surface area (TPSA) is 78.4 Å². The predicted octanol–water partition coefficient (Wildman–Crippen LogP) is 2.03. The Balaban J connectivity index is 1.75. The highest BCUT2D eigenvalue weighted by molar-refractivity contribution is 5.90. The quantitative estimate of drug-likeness (QED) is 0.749. The van der Waals surface area contributed by atoms with Gasteiger partial charge in [-0.15, -0.1) is 0 Å². The first kappa shape index (κ1) is 15.5. The van der Waals surface area contributed by atoms with E-state index in [4.69, 9.17) is 5.11 Å². The number of rotatable bonds is 6. The molecular weight excluding hydrogens is 268 g/mol. The van der Waals surface area contributed by atoms with Crippen LogP contribution in [0.15, 0.2) is 24.3 Å². The number of carboxylic acids is 1. The summed E-state index contributed by atoms with van der Waals surface area (Å²) >= 11 is 0. The summed E-state index contributed by atoms with van der Waals surface area (Å²) in [5.74, 6) is -0.234. The van der Waals surface area contributed by atoms with Gasteiger partial charge in [-0.1, -0.05) is 12.1 Å². The van der Waals surface area contributed by atoms with Crippen molar-refractivity contribution in [1.29, 1.82) is 0 Å². The first-order valence-electron chi connectivity index (χ1n) is 7.45. The lowest BCUT2D eigenvalue weighted by Crippen LogP contribution is -2.30. The number of hydrogen-bond donors (Lipinski definition) is 3. The molecule has 5 heteroatoms. The molecule has 0 bridgehead atoms. The monoisotopic (exact) mass is 290 g/mol. The van der Waals surface area contributed by atoms with Crippen molar-refractivity contribution >= 4 is 17.6 Å². The molecule has 114 valence electrons. The number of nitrogens with one attached hydrogen (secondary N) is 2. The van der Waals surface area contributed by atoms with Gasteiger partial charge in [0.25, 0.3) is 0 Å². The maximum atomic E-state index is 11.9.